The molecule has 2 aromatic carbocycles. The number of carbonyl (C=O) groups is 2. The quantitative estimate of drug-likeness (QED) is 0.568. The van der Waals surface area contributed by atoms with Crippen molar-refractivity contribution in [3.8, 4) is 0 Å². The predicted octanol–water partition coefficient (Wildman–Crippen LogP) is 2.90. The van der Waals surface area contributed by atoms with Gasteiger partial charge in [-0.1, -0.05) is 84.1 Å². The van der Waals surface area contributed by atoms with Gasteiger partial charge in [0.25, 0.3) is 5.91 Å². The normalized spacial score (nSPS) is 17.0. The summed E-state index contributed by atoms with van der Waals surface area (Å²) in [5.41, 5.74) is 1.45. The van der Waals surface area contributed by atoms with Crippen LogP contribution in [0.25, 0.3) is 6.08 Å². The highest BCUT2D eigenvalue weighted by atomic mass is 35.5. The standard InChI is InChI=1S/C19H14ClNO3S2/c20-14-9-5-4-8-13(14)11-16-17(22)21(19(25)26-16)15(18(23)24)10-12-6-2-1-3-7-12/h1-9,11,15H,10H2,(H,23,24)/p-1/b16-11-/t15-/m0/s1. The number of halogens is 1. The van der Waals surface area contributed by atoms with Gasteiger partial charge in [0.1, 0.15) is 4.32 Å². The Bertz CT molecular complexity index is 899. The fraction of sp³-hybridized carbons (Fsp3) is 0.105. The van der Waals surface area contributed by atoms with E-state index < -0.39 is 17.9 Å². The van der Waals surface area contributed by atoms with Crippen LogP contribution in [0.4, 0.5) is 0 Å². The van der Waals surface area contributed by atoms with Gasteiger partial charge in [0, 0.05) is 5.02 Å². The Labute approximate surface area is 165 Å². The number of hydrogen-bond donors (Lipinski definition) is 0. The summed E-state index contributed by atoms with van der Waals surface area (Å²) in [6.07, 6.45) is 1.74. The second-order valence-electron chi connectivity index (χ2n) is 5.60. The minimum absolute atomic E-state index is 0.120. The number of carboxylic acid groups (broad SMARTS) is 1. The molecule has 0 saturated carbocycles. The number of carbonyl (C=O) groups excluding carboxylic acids is 2. The first-order chi connectivity index (χ1) is 12.5. The molecule has 4 nitrogen and oxygen atoms in total. The Kier molecular flexibility index (Phi) is 5.76. The zero-order valence-electron chi connectivity index (χ0n) is 13.4. The Hall–Kier alpha value is -2.15. The Morgan fingerprint density at radius 1 is 1.19 bits per heavy atom. The van der Waals surface area contributed by atoms with Crippen molar-refractivity contribution in [2.45, 2.75) is 12.5 Å². The van der Waals surface area contributed by atoms with E-state index in [0.29, 0.717) is 15.5 Å². The van der Waals surface area contributed by atoms with Crippen molar-refractivity contribution < 1.29 is 14.7 Å². The Morgan fingerprint density at radius 3 is 2.50 bits per heavy atom. The molecule has 1 fully saturated rings. The van der Waals surface area contributed by atoms with Gasteiger partial charge < -0.3 is 9.90 Å². The molecule has 0 spiro atoms. The number of benzene rings is 2. The number of amides is 1. The molecule has 0 aromatic heterocycles. The lowest BCUT2D eigenvalue weighted by Crippen LogP contribution is -2.51. The third kappa shape index (κ3) is 3.98. The monoisotopic (exact) mass is 402 g/mol. The molecule has 2 aromatic rings. The fourth-order valence-corrected chi connectivity index (χ4v) is 4.14. The van der Waals surface area contributed by atoms with E-state index >= 15 is 0 Å². The van der Waals surface area contributed by atoms with Crippen molar-refractivity contribution >= 4 is 57.9 Å². The van der Waals surface area contributed by atoms with Crippen molar-refractivity contribution in [1.82, 2.24) is 4.90 Å². The number of rotatable bonds is 5. The molecule has 132 valence electrons. The van der Waals surface area contributed by atoms with Gasteiger partial charge in [-0.3, -0.25) is 9.69 Å². The molecule has 0 bridgehead atoms. The predicted molar refractivity (Wildman–Crippen MR) is 105 cm³/mol. The number of thioether (sulfide) groups is 1. The summed E-state index contributed by atoms with van der Waals surface area (Å²) >= 11 is 12.4. The lowest BCUT2D eigenvalue weighted by atomic mass is 10.0. The van der Waals surface area contributed by atoms with E-state index in [1.165, 1.54) is 0 Å². The average molecular weight is 403 g/mol. The van der Waals surface area contributed by atoms with Gasteiger partial charge >= 0.3 is 0 Å². The van der Waals surface area contributed by atoms with Gasteiger partial charge in [0.05, 0.1) is 16.9 Å². The van der Waals surface area contributed by atoms with Crippen molar-refractivity contribution in [3.63, 3.8) is 0 Å². The molecule has 1 atom stereocenters. The van der Waals surface area contributed by atoms with E-state index in [2.05, 4.69) is 0 Å². The summed E-state index contributed by atoms with van der Waals surface area (Å²) < 4.78 is 0.193. The van der Waals surface area contributed by atoms with Crippen LogP contribution in [0.5, 0.6) is 0 Å². The smallest absolute Gasteiger partial charge is 0.266 e. The van der Waals surface area contributed by atoms with E-state index in [0.717, 1.165) is 22.2 Å². The number of aliphatic carboxylic acids is 1. The molecular weight excluding hydrogens is 390 g/mol. The molecule has 1 aliphatic heterocycles. The van der Waals surface area contributed by atoms with Gasteiger partial charge in [-0.15, -0.1) is 0 Å². The average Bonchev–Trinajstić information content (AvgIpc) is 2.89. The zero-order valence-corrected chi connectivity index (χ0v) is 15.8. The topological polar surface area (TPSA) is 60.4 Å². The van der Waals surface area contributed by atoms with Crippen LogP contribution in [-0.4, -0.2) is 27.1 Å². The summed E-state index contributed by atoms with van der Waals surface area (Å²) in [6, 6.07) is 15.0. The molecule has 0 N–H and O–H groups in total. The minimum Gasteiger partial charge on any atom is -0.548 e. The highest BCUT2D eigenvalue weighted by Crippen LogP contribution is 2.35. The maximum absolute atomic E-state index is 12.8. The van der Waals surface area contributed by atoms with Crippen LogP contribution in [0.15, 0.2) is 59.5 Å². The van der Waals surface area contributed by atoms with E-state index in [9.17, 15) is 14.7 Å². The largest absolute Gasteiger partial charge is 0.548 e. The van der Waals surface area contributed by atoms with E-state index in [4.69, 9.17) is 23.8 Å². The maximum atomic E-state index is 12.8. The first kappa shape index (κ1) is 18.6. The van der Waals surface area contributed by atoms with Gasteiger partial charge in [-0.05, 0) is 29.7 Å². The lowest BCUT2D eigenvalue weighted by molar-refractivity contribution is -0.310. The number of carboxylic acids is 1. The van der Waals surface area contributed by atoms with Crippen LogP contribution in [-0.2, 0) is 16.0 Å². The summed E-state index contributed by atoms with van der Waals surface area (Å²) in [4.78, 5) is 25.9. The van der Waals surface area contributed by atoms with E-state index in [1.54, 1.807) is 42.5 Å². The number of hydrogen-bond acceptors (Lipinski definition) is 5. The molecule has 1 amide bonds. The third-order valence-electron chi connectivity index (χ3n) is 3.87. The first-order valence-electron chi connectivity index (χ1n) is 7.74. The second kappa shape index (κ2) is 8.03. The van der Waals surface area contributed by atoms with Crippen LogP contribution in [0.2, 0.25) is 5.02 Å². The van der Waals surface area contributed by atoms with Crippen LogP contribution < -0.4 is 5.11 Å². The molecule has 0 aliphatic carbocycles. The minimum atomic E-state index is -1.34. The molecule has 7 heteroatoms. The summed E-state index contributed by atoms with van der Waals surface area (Å²) in [5.74, 6) is -1.80. The molecule has 26 heavy (non-hydrogen) atoms. The third-order valence-corrected chi connectivity index (χ3v) is 5.55. The van der Waals surface area contributed by atoms with E-state index in [-0.39, 0.29) is 10.7 Å². The molecule has 0 radical (unpaired) electrons. The molecule has 1 heterocycles. The first-order valence-corrected chi connectivity index (χ1v) is 9.34. The van der Waals surface area contributed by atoms with Crippen LogP contribution in [0, 0.1) is 0 Å². The van der Waals surface area contributed by atoms with Crippen molar-refractivity contribution in [2.24, 2.45) is 0 Å². The summed E-state index contributed by atoms with van der Waals surface area (Å²) in [5, 5.41) is 12.2. The van der Waals surface area contributed by atoms with Gasteiger partial charge in [-0.2, -0.15) is 0 Å². The molecule has 1 saturated heterocycles. The van der Waals surface area contributed by atoms with Crippen molar-refractivity contribution in [3.05, 3.63) is 75.7 Å². The fourth-order valence-electron chi connectivity index (χ4n) is 2.60. The molecule has 1 aliphatic rings. The van der Waals surface area contributed by atoms with E-state index in [1.807, 2.05) is 18.2 Å². The van der Waals surface area contributed by atoms with Crippen LogP contribution in [0.1, 0.15) is 11.1 Å². The number of nitrogens with zero attached hydrogens (tertiary/aromatic N) is 1. The SMILES string of the molecule is O=C([O-])[C@H](Cc1ccccc1)N1C(=O)/C(=C/c2ccccc2Cl)SC1=S. The zero-order chi connectivity index (χ0) is 18.7. The lowest BCUT2D eigenvalue weighted by Gasteiger charge is -2.27. The second-order valence-corrected chi connectivity index (χ2v) is 7.68. The maximum Gasteiger partial charge on any atom is 0.266 e. The van der Waals surface area contributed by atoms with Gasteiger partial charge in [0.2, 0.25) is 0 Å². The highest BCUT2D eigenvalue weighted by Gasteiger charge is 2.37. The van der Waals surface area contributed by atoms with Crippen molar-refractivity contribution in [2.75, 3.05) is 0 Å². The highest BCUT2D eigenvalue weighted by molar-refractivity contribution is 8.26. The molecule has 3 rings (SSSR count). The Balaban J connectivity index is 1.89. The number of thiocarbonyl (C=S) groups is 1. The van der Waals surface area contributed by atoms with Crippen LogP contribution >= 0.6 is 35.6 Å². The Morgan fingerprint density at radius 2 is 1.85 bits per heavy atom. The van der Waals surface area contributed by atoms with Gasteiger partial charge in [0.15, 0.2) is 0 Å². The summed E-state index contributed by atoms with van der Waals surface area (Å²) in [6.45, 7) is 0. The van der Waals surface area contributed by atoms with Crippen LogP contribution in [0.3, 0.4) is 0 Å². The van der Waals surface area contributed by atoms with Crippen molar-refractivity contribution in [1.29, 1.82) is 0 Å². The molecular formula is C19H13ClNO3S2-. The summed E-state index contributed by atoms with van der Waals surface area (Å²) in [7, 11) is 0. The van der Waals surface area contributed by atoms with Gasteiger partial charge in [-0.25, -0.2) is 0 Å². The molecule has 0 unspecified atom stereocenters.